The molecule has 0 aliphatic heterocycles. The first-order valence-electron chi connectivity index (χ1n) is 25.2. The topological polar surface area (TPSA) is 3.24 Å². The lowest BCUT2D eigenvalue weighted by molar-refractivity contribution is 0.769. The molecule has 0 radical (unpaired) electrons. The van der Waals surface area contributed by atoms with Gasteiger partial charge in [0.05, 0.1) is 16.8 Å². The summed E-state index contributed by atoms with van der Waals surface area (Å²) in [4.78, 5) is 2.47. The van der Waals surface area contributed by atoms with E-state index < -0.39 is 5.41 Å². The quantitative estimate of drug-likeness (QED) is 0.144. The maximum absolute atomic E-state index is 2.51. The Labute approximate surface area is 420 Å². The van der Waals surface area contributed by atoms with Crippen molar-refractivity contribution in [1.82, 2.24) is 0 Å². The summed E-state index contributed by atoms with van der Waals surface area (Å²) in [7, 11) is 0. The van der Waals surface area contributed by atoms with E-state index in [0.29, 0.717) is 0 Å². The van der Waals surface area contributed by atoms with Crippen molar-refractivity contribution in [2.24, 2.45) is 0 Å². The molecule has 0 unspecified atom stereocenters. The number of fused-ring (bicyclic) bond motifs is 8. The molecule has 1 aliphatic carbocycles. The molecule has 0 spiro atoms. The minimum absolute atomic E-state index is 0.486. The van der Waals surface area contributed by atoms with Crippen LogP contribution in [-0.4, -0.2) is 0 Å². The molecule has 0 saturated heterocycles. The first kappa shape index (κ1) is 41.9. The van der Waals surface area contributed by atoms with E-state index in [1.165, 1.54) is 121 Å². The zero-order valence-electron chi connectivity index (χ0n) is 40.3. The molecule has 1 heteroatoms. The van der Waals surface area contributed by atoms with Crippen LogP contribution in [-0.2, 0) is 5.41 Å². The first-order chi connectivity index (χ1) is 35.6. The second kappa shape index (κ2) is 16.5. The summed E-state index contributed by atoms with van der Waals surface area (Å²) < 4.78 is 0. The summed E-state index contributed by atoms with van der Waals surface area (Å²) in [5, 5.41) is 12.4. The Bertz CT molecular complexity index is 4120. The molecule has 0 heterocycles. The Kier molecular flexibility index (Phi) is 9.63. The Morgan fingerprint density at radius 3 is 1.26 bits per heavy atom. The van der Waals surface area contributed by atoms with Crippen LogP contribution >= 0.6 is 0 Å². The molecule has 72 heavy (non-hydrogen) atoms. The number of aryl methyl sites for hydroxylation is 2. The third-order valence-electron chi connectivity index (χ3n) is 15.8. The van der Waals surface area contributed by atoms with Gasteiger partial charge in [0.1, 0.15) is 0 Å². The van der Waals surface area contributed by atoms with E-state index >= 15 is 0 Å². The molecule has 13 aromatic rings. The molecule has 338 valence electrons. The van der Waals surface area contributed by atoms with Crippen molar-refractivity contribution in [2.75, 3.05) is 4.90 Å². The van der Waals surface area contributed by atoms with Crippen LogP contribution in [0.2, 0.25) is 0 Å². The van der Waals surface area contributed by atoms with Gasteiger partial charge in [-0.05, 0) is 160 Å². The molecular formula is C71H49N. The number of hydrogen-bond acceptors (Lipinski definition) is 1. The predicted molar refractivity (Wildman–Crippen MR) is 306 cm³/mol. The van der Waals surface area contributed by atoms with Gasteiger partial charge >= 0.3 is 0 Å². The van der Waals surface area contributed by atoms with Gasteiger partial charge in [0.25, 0.3) is 0 Å². The van der Waals surface area contributed by atoms with Gasteiger partial charge in [-0.15, -0.1) is 0 Å². The zero-order chi connectivity index (χ0) is 47.9. The molecule has 0 fully saturated rings. The Balaban J connectivity index is 0.948. The van der Waals surface area contributed by atoms with E-state index in [4.69, 9.17) is 0 Å². The maximum atomic E-state index is 2.51. The largest absolute Gasteiger partial charge is 0.309 e. The molecule has 0 N–H and O–H groups in total. The summed E-state index contributed by atoms with van der Waals surface area (Å²) in [6.45, 7) is 4.42. The molecule has 1 nitrogen and oxygen atoms in total. The minimum Gasteiger partial charge on any atom is -0.309 e. The average molecular weight is 916 g/mol. The lowest BCUT2D eigenvalue weighted by Crippen LogP contribution is -2.28. The molecule has 0 aromatic heterocycles. The lowest BCUT2D eigenvalue weighted by Gasteiger charge is -2.34. The fourth-order valence-corrected chi connectivity index (χ4v) is 12.5. The molecule has 0 bridgehead atoms. The van der Waals surface area contributed by atoms with Gasteiger partial charge in [0.15, 0.2) is 0 Å². The van der Waals surface area contributed by atoms with Crippen LogP contribution in [0.3, 0.4) is 0 Å². The van der Waals surface area contributed by atoms with Crippen LogP contribution in [0.4, 0.5) is 17.1 Å². The highest BCUT2D eigenvalue weighted by Crippen LogP contribution is 2.57. The van der Waals surface area contributed by atoms with Gasteiger partial charge in [-0.25, -0.2) is 0 Å². The summed E-state index contributed by atoms with van der Waals surface area (Å²) >= 11 is 0. The fraction of sp³-hybridized carbons (Fsp3) is 0.0423. The van der Waals surface area contributed by atoms with Gasteiger partial charge in [-0.2, -0.15) is 0 Å². The van der Waals surface area contributed by atoms with E-state index in [1.54, 1.807) is 0 Å². The molecule has 13 aromatic carbocycles. The molecule has 14 rings (SSSR count). The molecular weight excluding hydrogens is 867 g/mol. The highest BCUT2D eigenvalue weighted by atomic mass is 15.1. The monoisotopic (exact) mass is 915 g/mol. The van der Waals surface area contributed by atoms with Gasteiger partial charge in [-0.1, -0.05) is 224 Å². The predicted octanol–water partition coefficient (Wildman–Crippen LogP) is 19.2. The van der Waals surface area contributed by atoms with Gasteiger partial charge in [0.2, 0.25) is 0 Å². The Morgan fingerprint density at radius 2 is 0.708 bits per heavy atom. The second-order valence-corrected chi connectivity index (χ2v) is 19.6. The van der Waals surface area contributed by atoms with Crippen molar-refractivity contribution in [2.45, 2.75) is 19.3 Å². The third-order valence-corrected chi connectivity index (χ3v) is 15.8. The van der Waals surface area contributed by atoms with Crippen LogP contribution in [0, 0.1) is 13.8 Å². The van der Waals surface area contributed by atoms with E-state index in [2.05, 4.69) is 280 Å². The van der Waals surface area contributed by atoms with Crippen LogP contribution in [0.25, 0.3) is 87.2 Å². The second-order valence-electron chi connectivity index (χ2n) is 19.6. The van der Waals surface area contributed by atoms with Crippen molar-refractivity contribution in [3.63, 3.8) is 0 Å². The van der Waals surface area contributed by atoms with Gasteiger partial charge in [0, 0.05) is 16.5 Å². The summed E-state index contributed by atoms with van der Waals surface area (Å²) in [6, 6.07) is 97.5. The molecule has 0 atom stereocenters. The van der Waals surface area contributed by atoms with Crippen molar-refractivity contribution < 1.29 is 0 Å². The zero-order valence-corrected chi connectivity index (χ0v) is 40.3. The summed E-state index contributed by atoms with van der Waals surface area (Å²) in [6.07, 6.45) is 0. The van der Waals surface area contributed by atoms with Gasteiger partial charge < -0.3 is 4.90 Å². The number of nitrogens with zero attached hydrogens (tertiary/aromatic N) is 1. The van der Waals surface area contributed by atoms with Crippen molar-refractivity contribution in [3.05, 3.63) is 294 Å². The van der Waals surface area contributed by atoms with Gasteiger partial charge in [-0.3, -0.25) is 0 Å². The van der Waals surface area contributed by atoms with E-state index in [-0.39, 0.29) is 0 Å². The van der Waals surface area contributed by atoms with Crippen LogP contribution in [0.1, 0.15) is 33.4 Å². The smallest absolute Gasteiger partial charge is 0.0713 e. The Morgan fingerprint density at radius 1 is 0.292 bits per heavy atom. The number of hydrogen-bond donors (Lipinski definition) is 0. The third kappa shape index (κ3) is 6.27. The number of anilines is 3. The molecule has 0 amide bonds. The summed E-state index contributed by atoms with van der Waals surface area (Å²) in [5.41, 5.74) is 18.2. The van der Waals surface area contributed by atoms with Crippen molar-refractivity contribution >= 4 is 70.9 Å². The van der Waals surface area contributed by atoms with Crippen LogP contribution < -0.4 is 4.90 Å². The SMILES string of the molecule is Cc1ccc(N(c2ccc3cc(-c4c5ccccc5c(-c5ccc6c(c5)C(c5ccccc5)(c5ccccc5)c5ccccc5-6)c5ccccc45)ccc3c2)c2ccc(C)c3ccccc23)c2ccccc12. The highest BCUT2D eigenvalue weighted by molar-refractivity contribution is 6.22. The summed E-state index contributed by atoms with van der Waals surface area (Å²) in [5.74, 6) is 0. The molecule has 0 saturated carbocycles. The van der Waals surface area contributed by atoms with Crippen molar-refractivity contribution in [3.8, 4) is 33.4 Å². The Hall–Kier alpha value is -9.04. The van der Waals surface area contributed by atoms with E-state index in [1.807, 2.05) is 0 Å². The minimum atomic E-state index is -0.486. The van der Waals surface area contributed by atoms with Crippen LogP contribution in [0.15, 0.2) is 261 Å². The lowest BCUT2D eigenvalue weighted by atomic mass is 9.67. The van der Waals surface area contributed by atoms with Crippen LogP contribution in [0.5, 0.6) is 0 Å². The van der Waals surface area contributed by atoms with Crippen molar-refractivity contribution in [1.29, 1.82) is 0 Å². The fourth-order valence-electron chi connectivity index (χ4n) is 12.5. The first-order valence-corrected chi connectivity index (χ1v) is 25.2. The normalized spacial score (nSPS) is 12.7. The number of benzene rings is 13. The standard InChI is InChI=1S/C71H49N/c1-46-33-41-67(59-26-11-9-23-55(46)59)72(68-42-34-47(2)56-24-10-12-27-60(56)68)54-39-37-48-43-50(36-35-49(48)44-54)69-61-28-13-15-30-63(61)70(64-31-16-14-29-62(64)69)51-38-40-58-57-25-17-18-32-65(57)71(66(58)45-51,52-19-5-3-6-20-52)53-21-7-4-8-22-53/h3-45H,1-2H3. The molecule has 1 aliphatic rings. The highest BCUT2D eigenvalue weighted by Gasteiger charge is 2.46. The van der Waals surface area contributed by atoms with E-state index in [9.17, 15) is 0 Å². The van der Waals surface area contributed by atoms with E-state index in [0.717, 1.165) is 17.1 Å². The maximum Gasteiger partial charge on any atom is 0.0713 e. The average Bonchev–Trinajstić information content (AvgIpc) is 3.74. The number of rotatable bonds is 7.